The number of likely N-dealkylation sites (N-methyl/N-ethyl adjacent to an activating group) is 1. The Hall–Kier alpha value is -0.945. The van der Waals surface area contributed by atoms with Gasteiger partial charge < -0.3 is 14.6 Å². The van der Waals surface area contributed by atoms with Crippen LogP contribution in [0.25, 0.3) is 0 Å². The minimum atomic E-state index is -4.26. The number of halogens is 3. The molecular formula is C15H23BF3NO2. The summed E-state index contributed by atoms with van der Waals surface area (Å²) in [5.41, 5.74) is -0.0577. The van der Waals surface area contributed by atoms with Crippen molar-refractivity contribution in [3.05, 3.63) is 23.3 Å². The van der Waals surface area contributed by atoms with Crippen molar-refractivity contribution in [1.29, 1.82) is 0 Å². The average Bonchev–Trinajstić information content (AvgIpc) is 2.57. The third kappa shape index (κ3) is 3.20. The zero-order chi connectivity index (χ0) is 16.8. The van der Waals surface area contributed by atoms with E-state index >= 15 is 0 Å². The normalized spacial score (nSPS) is 27.5. The van der Waals surface area contributed by atoms with Crippen molar-refractivity contribution in [1.82, 2.24) is 5.32 Å². The van der Waals surface area contributed by atoms with Crippen LogP contribution in [-0.4, -0.2) is 31.0 Å². The standard InChI is InChI=1S/C15H23BF3NO2/c1-6-20-12-8-7-10(15(17,18)19)9-11(12)16-21-13(2,3)14(4,5)22-16/h8-10,20H,6-7H2,1-5H3. The van der Waals surface area contributed by atoms with Gasteiger partial charge in [0, 0.05) is 17.7 Å². The molecular weight excluding hydrogens is 294 g/mol. The predicted molar refractivity (Wildman–Crippen MR) is 80.1 cm³/mol. The molecule has 0 amide bonds. The van der Waals surface area contributed by atoms with E-state index in [0.717, 1.165) is 0 Å². The molecule has 1 atom stereocenters. The molecule has 1 heterocycles. The molecule has 1 saturated heterocycles. The molecule has 0 bridgehead atoms. The Morgan fingerprint density at radius 3 is 2.23 bits per heavy atom. The Bertz CT molecular complexity index is 482. The highest BCUT2D eigenvalue weighted by Crippen LogP contribution is 2.42. The third-order valence-electron chi connectivity index (χ3n) is 4.56. The number of allylic oxidation sites excluding steroid dienone is 3. The van der Waals surface area contributed by atoms with Gasteiger partial charge in [0.05, 0.1) is 17.1 Å². The van der Waals surface area contributed by atoms with Gasteiger partial charge in [0.2, 0.25) is 0 Å². The van der Waals surface area contributed by atoms with Crippen molar-refractivity contribution < 1.29 is 22.5 Å². The maximum absolute atomic E-state index is 13.0. The van der Waals surface area contributed by atoms with Crippen LogP contribution in [-0.2, 0) is 9.31 Å². The van der Waals surface area contributed by atoms with Gasteiger partial charge in [0.25, 0.3) is 0 Å². The Kier molecular flexibility index (Phi) is 4.43. The van der Waals surface area contributed by atoms with Gasteiger partial charge >= 0.3 is 13.3 Å². The highest BCUT2D eigenvalue weighted by Gasteiger charge is 2.54. The highest BCUT2D eigenvalue weighted by atomic mass is 19.4. The van der Waals surface area contributed by atoms with Crippen LogP contribution in [0.1, 0.15) is 41.0 Å². The van der Waals surface area contributed by atoms with Crippen LogP contribution in [0.15, 0.2) is 23.3 Å². The van der Waals surface area contributed by atoms with Crippen LogP contribution in [0.5, 0.6) is 0 Å². The summed E-state index contributed by atoms with van der Waals surface area (Å²) in [6.07, 6.45) is -1.50. The fourth-order valence-corrected chi connectivity index (χ4v) is 2.51. The summed E-state index contributed by atoms with van der Waals surface area (Å²) in [6.45, 7) is 10.1. The van der Waals surface area contributed by atoms with Gasteiger partial charge in [-0.05, 0) is 41.0 Å². The molecule has 1 aliphatic carbocycles. The Morgan fingerprint density at radius 1 is 1.23 bits per heavy atom. The van der Waals surface area contributed by atoms with Crippen molar-refractivity contribution in [2.24, 2.45) is 5.92 Å². The van der Waals surface area contributed by atoms with Crippen LogP contribution in [0.3, 0.4) is 0 Å². The SMILES string of the molecule is CCNC1=CCC(C(F)(F)F)C=C1B1OC(C)(C)C(C)(C)O1. The fraction of sp³-hybridized carbons (Fsp3) is 0.733. The lowest BCUT2D eigenvalue weighted by Gasteiger charge is -2.32. The van der Waals surface area contributed by atoms with Gasteiger partial charge in [-0.15, -0.1) is 0 Å². The molecule has 1 fully saturated rings. The molecule has 0 aromatic rings. The van der Waals surface area contributed by atoms with E-state index < -0.39 is 30.4 Å². The minimum Gasteiger partial charge on any atom is -0.399 e. The van der Waals surface area contributed by atoms with Gasteiger partial charge in [0.1, 0.15) is 0 Å². The summed E-state index contributed by atoms with van der Waals surface area (Å²) in [5, 5.41) is 3.10. The second-order valence-electron chi connectivity index (χ2n) is 6.74. The fourth-order valence-electron chi connectivity index (χ4n) is 2.51. The minimum absolute atomic E-state index is 0.0607. The maximum atomic E-state index is 13.0. The number of rotatable bonds is 3. The zero-order valence-electron chi connectivity index (χ0n) is 13.7. The number of alkyl halides is 3. The van der Waals surface area contributed by atoms with E-state index in [1.807, 2.05) is 34.6 Å². The molecule has 0 aromatic carbocycles. The van der Waals surface area contributed by atoms with Crippen molar-refractivity contribution in [2.45, 2.75) is 58.4 Å². The summed E-state index contributed by atoms with van der Waals surface area (Å²) in [7, 11) is -0.791. The van der Waals surface area contributed by atoms with Crippen molar-refractivity contribution in [3.8, 4) is 0 Å². The van der Waals surface area contributed by atoms with E-state index in [1.54, 1.807) is 6.08 Å². The molecule has 2 rings (SSSR count). The van der Waals surface area contributed by atoms with E-state index in [9.17, 15) is 13.2 Å². The first-order chi connectivity index (χ1) is 9.98. The van der Waals surface area contributed by atoms with Gasteiger partial charge in [-0.3, -0.25) is 0 Å². The molecule has 7 heteroatoms. The molecule has 0 aromatic heterocycles. The molecule has 0 radical (unpaired) electrons. The maximum Gasteiger partial charge on any atom is 0.496 e. The zero-order valence-corrected chi connectivity index (χ0v) is 13.7. The molecule has 1 aliphatic heterocycles. The monoisotopic (exact) mass is 317 g/mol. The number of nitrogens with one attached hydrogen (secondary N) is 1. The number of hydrogen-bond acceptors (Lipinski definition) is 3. The molecule has 22 heavy (non-hydrogen) atoms. The Balaban J connectivity index is 2.32. The van der Waals surface area contributed by atoms with Gasteiger partial charge in [-0.2, -0.15) is 13.2 Å². The van der Waals surface area contributed by atoms with Gasteiger partial charge in [-0.1, -0.05) is 12.2 Å². The first kappa shape index (κ1) is 17.4. The summed E-state index contributed by atoms with van der Waals surface area (Å²) < 4.78 is 50.9. The van der Waals surface area contributed by atoms with E-state index in [-0.39, 0.29) is 6.42 Å². The molecule has 2 aliphatic rings. The van der Waals surface area contributed by atoms with Crippen molar-refractivity contribution in [2.75, 3.05) is 6.54 Å². The lowest BCUT2D eigenvalue weighted by atomic mass is 9.71. The molecule has 3 nitrogen and oxygen atoms in total. The van der Waals surface area contributed by atoms with Gasteiger partial charge in [-0.25, -0.2) is 0 Å². The van der Waals surface area contributed by atoms with Crippen LogP contribution < -0.4 is 5.32 Å². The lowest BCUT2D eigenvalue weighted by molar-refractivity contribution is -0.160. The first-order valence-corrected chi connectivity index (χ1v) is 7.56. The smallest absolute Gasteiger partial charge is 0.399 e. The molecule has 0 saturated carbocycles. The van der Waals surface area contributed by atoms with Crippen molar-refractivity contribution >= 4 is 7.12 Å². The Morgan fingerprint density at radius 2 is 1.77 bits per heavy atom. The molecule has 124 valence electrons. The van der Waals surface area contributed by atoms with E-state index in [2.05, 4.69) is 5.32 Å². The van der Waals surface area contributed by atoms with E-state index in [4.69, 9.17) is 9.31 Å². The van der Waals surface area contributed by atoms with Crippen molar-refractivity contribution in [3.63, 3.8) is 0 Å². The lowest BCUT2D eigenvalue weighted by Crippen LogP contribution is -2.41. The van der Waals surface area contributed by atoms with Crippen LogP contribution in [0.4, 0.5) is 13.2 Å². The van der Waals surface area contributed by atoms with Crippen LogP contribution in [0.2, 0.25) is 0 Å². The molecule has 0 spiro atoms. The summed E-state index contributed by atoms with van der Waals surface area (Å²) in [4.78, 5) is 0. The second-order valence-corrected chi connectivity index (χ2v) is 6.74. The van der Waals surface area contributed by atoms with E-state index in [1.165, 1.54) is 6.08 Å². The van der Waals surface area contributed by atoms with Crippen LogP contribution in [0, 0.1) is 5.92 Å². The average molecular weight is 317 g/mol. The Labute approximate surface area is 130 Å². The molecule has 1 unspecified atom stereocenters. The van der Waals surface area contributed by atoms with Crippen LogP contribution >= 0.6 is 0 Å². The summed E-state index contributed by atoms with van der Waals surface area (Å²) >= 11 is 0. The molecule has 1 N–H and O–H groups in total. The predicted octanol–water partition coefficient (Wildman–Crippen LogP) is 3.62. The largest absolute Gasteiger partial charge is 0.496 e. The third-order valence-corrected chi connectivity index (χ3v) is 4.56. The highest BCUT2D eigenvalue weighted by molar-refractivity contribution is 6.56. The van der Waals surface area contributed by atoms with E-state index in [0.29, 0.717) is 17.7 Å². The number of hydrogen-bond donors (Lipinski definition) is 1. The summed E-state index contributed by atoms with van der Waals surface area (Å²) in [6, 6.07) is 0. The topological polar surface area (TPSA) is 30.5 Å². The first-order valence-electron chi connectivity index (χ1n) is 7.56. The summed E-state index contributed by atoms with van der Waals surface area (Å²) in [5.74, 6) is -1.50. The quantitative estimate of drug-likeness (QED) is 0.807. The second kappa shape index (κ2) is 5.60. The van der Waals surface area contributed by atoms with Gasteiger partial charge in [0.15, 0.2) is 0 Å².